The summed E-state index contributed by atoms with van der Waals surface area (Å²) in [5.41, 5.74) is 1.30. The fourth-order valence-electron chi connectivity index (χ4n) is 1.80. The lowest BCUT2D eigenvalue weighted by molar-refractivity contribution is 0.0735. The Morgan fingerprint density at radius 2 is 2.12 bits per heavy atom. The molecule has 86 valence electrons. The van der Waals surface area contributed by atoms with E-state index in [4.69, 9.17) is 9.47 Å². The Hall–Kier alpha value is -1.48. The molecule has 0 aliphatic carbocycles. The largest absolute Gasteiger partial charge is 0.462 e. The molecule has 16 heavy (non-hydrogen) atoms. The van der Waals surface area contributed by atoms with Gasteiger partial charge in [0.1, 0.15) is 6.26 Å². The van der Waals surface area contributed by atoms with Crippen molar-refractivity contribution in [3.8, 4) is 0 Å². The van der Waals surface area contributed by atoms with Gasteiger partial charge >= 0.3 is 0 Å². The van der Waals surface area contributed by atoms with Crippen LogP contribution >= 0.6 is 0 Å². The molecule has 1 atom stereocenters. The van der Waals surface area contributed by atoms with Gasteiger partial charge in [0, 0.05) is 0 Å². The molecule has 0 saturated carbocycles. The molecule has 1 aromatic rings. The quantitative estimate of drug-likeness (QED) is 0.822. The Kier molecular flexibility index (Phi) is 3.83. The van der Waals surface area contributed by atoms with Gasteiger partial charge in [-0.05, 0) is 18.5 Å². The summed E-state index contributed by atoms with van der Waals surface area (Å²) in [7, 11) is 0. The van der Waals surface area contributed by atoms with Crippen molar-refractivity contribution in [3.63, 3.8) is 0 Å². The molecule has 3 nitrogen and oxygen atoms in total. The third-order valence-electron chi connectivity index (χ3n) is 2.57. The molecule has 1 aliphatic heterocycles. The lowest BCUT2D eigenvalue weighted by Gasteiger charge is -2.17. The van der Waals surface area contributed by atoms with Crippen molar-refractivity contribution in [2.24, 2.45) is 0 Å². The molecular weight excluding hydrogens is 202 g/mol. The van der Waals surface area contributed by atoms with E-state index in [2.05, 4.69) is 36.5 Å². The highest BCUT2D eigenvalue weighted by Crippen LogP contribution is 2.15. The van der Waals surface area contributed by atoms with Gasteiger partial charge in [0.05, 0.1) is 6.04 Å². The molecule has 0 radical (unpaired) electrons. The summed E-state index contributed by atoms with van der Waals surface area (Å²) >= 11 is 0. The Balaban J connectivity index is 2.02. The first kappa shape index (κ1) is 11.0. The zero-order chi connectivity index (χ0) is 11.2. The first-order valence-electron chi connectivity index (χ1n) is 5.62. The number of hydrogen-bond acceptors (Lipinski definition) is 3. The van der Waals surface area contributed by atoms with Crippen LogP contribution < -0.4 is 5.32 Å². The van der Waals surface area contributed by atoms with Crippen LogP contribution in [-0.2, 0) is 15.9 Å². The highest BCUT2D eigenvalue weighted by molar-refractivity contribution is 5.19. The third-order valence-corrected chi connectivity index (χ3v) is 2.57. The van der Waals surface area contributed by atoms with Crippen LogP contribution in [0.5, 0.6) is 0 Å². The predicted molar refractivity (Wildman–Crippen MR) is 62.7 cm³/mol. The lowest BCUT2D eigenvalue weighted by Crippen LogP contribution is -2.33. The molecule has 0 bridgehead atoms. The molecule has 1 unspecified atom stereocenters. The summed E-state index contributed by atoms with van der Waals surface area (Å²) < 4.78 is 10.5. The van der Waals surface area contributed by atoms with Crippen LogP contribution in [0.25, 0.3) is 0 Å². The number of likely N-dealkylation sites (N-methyl/N-ethyl adjacent to an activating group) is 1. The van der Waals surface area contributed by atoms with Crippen LogP contribution in [0.1, 0.15) is 12.5 Å². The van der Waals surface area contributed by atoms with Crippen LogP contribution in [0, 0.1) is 0 Å². The molecule has 2 rings (SSSR count). The van der Waals surface area contributed by atoms with Crippen molar-refractivity contribution < 1.29 is 9.47 Å². The zero-order valence-corrected chi connectivity index (χ0v) is 9.48. The maximum Gasteiger partial charge on any atom is 0.229 e. The second-order valence-corrected chi connectivity index (χ2v) is 3.75. The Morgan fingerprint density at radius 3 is 2.75 bits per heavy atom. The summed E-state index contributed by atoms with van der Waals surface area (Å²) in [5.74, 6) is 0.894. The maximum absolute atomic E-state index is 5.42. The highest BCUT2D eigenvalue weighted by atomic mass is 16.7. The molecule has 0 aromatic heterocycles. The Labute approximate surface area is 96.1 Å². The van der Waals surface area contributed by atoms with Crippen LogP contribution in [0.2, 0.25) is 0 Å². The number of benzene rings is 1. The minimum atomic E-state index is 0.204. The minimum Gasteiger partial charge on any atom is -0.462 e. The van der Waals surface area contributed by atoms with Crippen molar-refractivity contribution in [2.75, 3.05) is 13.3 Å². The molecule has 0 spiro atoms. The van der Waals surface area contributed by atoms with Crippen molar-refractivity contribution in [1.82, 2.24) is 5.32 Å². The van der Waals surface area contributed by atoms with E-state index in [1.165, 1.54) is 5.56 Å². The number of hydrogen-bond donors (Lipinski definition) is 1. The van der Waals surface area contributed by atoms with E-state index < -0.39 is 0 Å². The maximum atomic E-state index is 5.42. The molecule has 1 N–H and O–H groups in total. The molecule has 3 heteroatoms. The van der Waals surface area contributed by atoms with Crippen molar-refractivity contribution in [1.29, 1.82) is 0 Å². The highest BCUT2D eigenvalue weighted by Gasteiger charge is 2.19. The smallest absolute Gasteiger partial charge is 0.229 e. The number of rotatable bonds is 5. The van der Waals surface area contributed by atoms with E-state index in [1.807, 2.05) is 6.07 Å². The van der Waals surface area contributed by atoms with Crippen LogP contribution in [-0.4, -0.2) is 19.4 Å². The van der Waals surface area contributed by atoms with Gasteiger partial charge in [-0.2, -0.15) is 0 Å². The second-order valence-electron chi connectivity index (χ2n) is 3.75. The summed E-state index contributed by atoms with van der Waals surface area (Å²) in [6.07, 6.45) is 2.63. The van der Waals surface area contributed by atoms with Gasteiger partial charge in [-0.15, -0.1) is 0 Å². The predicted octanol–water partition coefficient (Wildman–Crippen LogP) is 2.05. The van der Waals surface area contributed by atoms with Crippen LogP contribution in [0.15, 0.2) is 42.4 Å². The topological polar surface area (TPSA) is 30.5 Å². The Morgan fingerprint density at radius 1 is 1.31 bits per heavy atom. The standard InChI is InChI=1S/C13H17NO2/c1-2-14-12(13-9-15-10-16-13)8-11-6-4-3-5-7-11/h3-7,9,12,14H,2,8,10H2,1H3. The average Bonchev–Trinajstić information content (AvgIpc) is 2.83. The monoisotopic (exact) mass is 219 g/mol. The first-order valence-corrected chi connectivity index (χ1v) is 5.62. The lowest BCUT2D eigenvalue weighted by atomic mass is 10.0. The van der Waals surface area contributed by atoms with E-state index in [9.17, 15) is 0 Å². The summed E-state index contributed by atoms with van der Waals surface area (Å²) in [6, 6.07) is 10.6. The second kappa shape index (κ2) is 5.56. The minimum absolute atomic E-state index is 0.204. The SMILES string of the molecule is CCNC(Cc1ccccc1)C1=COCO1. The average molecular weight is 219 g/mol. The first-order chi connectivity index (χ1) is 7.90. The molecule has 0 fully saturated rings. The van der Waals surface area contributed by atoms with Gasteiger partial charge in [-0.25, -0.2) is 0 Å². The van der Waals surface area contributed by atoms with Gasteiger partial charge in [0.25, 0.3) is 0 Å². The fourth-order valence-corrected chi connectivity index (χ4v) is 1.80. The number of ether oxygens (including phenoxy) is 2. The summed E-state index contributed by atoms with van der Waals surface area (Å²) in [6.45, 7) is 3.35. The normalized spacial score (nSPS) is 16.2. The van der Waals surface area contributed by atoms with E-state index in [1.54, 1.807) is 6.26 Å². The molecule has 0 saturated heterocycles. The molecule has 1 heterocycles. The molecule has 1 aromatic carbocycles. The fraction of sp³-hybridized carbons (Fsp3) is 0.385. The van der Waals surface area contributed by atoms with Crippen LogP contribution in [0.3, 0.4) is 0 Å². The van der Waals surface area contributed by atoms with Crippen LogP contribution in [0.4, 0.5) is 0 Å². The van der Waals surface area contributed by atoms with Crippen molar-refractivity contribution in [3.05, 3.63) is 47.9 Å². The van der Waals surface area contributed by atoms with Gasteiger partial charge in [0.15, 0.2) is 5.76 Å². The van der Waals surface area contributed by atoms with Gasteiger partial charge < -0.3 is 14.8 Å². The zero-order valence-electron chi connectivity index (χ0n) is 9.48. The molecular formula is C13H17NO2. The van der Waals surface area contributed by atoms with E-state index in [-0.39, 0.29) is 6.04 Å². The van der Waals surface area contributed by atoms with Gasteiger partial charge in [-0.1, -0.05) is 37.3 Å². The van der Waals surface area contributed by atoms with E-state index in [0.717, 1.165) is 18.7 Å². The van der Waals surface area contributed by atoms with Crippen molar-refractivity contribution in [2.45, 2.75) is 19.4 Å². The van der Waals surface area contributed by atoms with E-state index >= 15 is 0 Å². The summed E-state index contributed by atoms with van der Waals surface area (Å²) in [4.78, 5) is 0. The Bertz CT molecular complexity index is 348. The molecule has 1 aliphatic rings. The third kappa shape index (κ3) is 2.76. The van der Waals surface area contributed by atoms with Gasteiger partial charge in [0.2, 0.25) is 6.79 Å². The summed E-state index contributed by atoms with van der Waals surface area (Å²) in [5, 5.41) is 3.40. The van der Waals surface area contributed by atoms with E-state index in [0.29, 0.717) is 6.79 Å². The number of nitrogens with one attached hydrogen (secondary N) is 1. The molecule has 0 amide bonds. The van der Waals surface area contributed by atoms with Crippen molar-refractivity contribution >= 4 is 0 Å². The van der Waals surface area contributed by atoms with Gasteiger partial charge in [-0.3, -0.25) is 0 Å².